The topological polar surface area (TPSA) is 18.5 Å². The summed E-state index contributed by atoms with van der Waals surface area (Å²) in [7, 11) is 0. The van der Waals surface area contributed by atoms with Crippen LogP contribution in [-0.4, -0.2) is 19.0 Å². The third-order valence-electron chi connectivity index (χ3n) is 4.44. The Bertz CT molecular complexity index is 431. The van der Waals surface area contributed by atoms with Crippen LogP contribution in [0.2, 0.25) is 0 Å². The highest BCUT2D eigenvalue weighted by atomic mass is 16.7. The molecule has 152 valence electrons. The Labute approximate surface area is 163 Å². The molecule has 0 saturated heterocycles. The van der Waals surface area contributed by atoms with E-state index in [1.54, 1.807) is 0 Å². The molecule has 0 aliphatic carbocycles. The minimum atomic E-state index is -0.440. The molecule has 2 heteroatoms. The van der Waals surface area contributed by atoms with E-state index in [4.69, 9.17) is 9.47 Å². The van der Waals surface area contributed by atoms with Gasteiger partial charge in [-0.1, -0.05) is 48.8 Å². The van der Waals surface area contributed by atoms with Crippen LogP contribution in [0.1, 0.15) is 99.8 Å². The van der Waals surface area contributed by atoms with Gasteiger partial charge in [-0.2, -0.15) is 0 Å². The third-order valence-corrected chi connectivity index (χ3v) is 4.44. The fourth-order valence-electron chi connectivity index (χ4n) is 2.74. The molecule has 0 aliphatic rings. The van der Waals surface area contributed by atoms with E-state index in [0.717, 1.165) is 58.2 Å². The molecule has 26 heavy (non-hydrogen) atoms. The van der Waals surface area contributed by atoms with Crippen LogP contribution in [0.25, 0.3) is 0 Å². The maximum Gasteiger partial charge on any atom is 0.165 e. The SMILES string of the molecule is CCCOC(C)(CCC=C(C)CCC=C(C)CCC=C(C)C)OCCC. The van der Waals surface area contributed by atoms with Gasteiger partial charge in [0.1, 0.15) is 0 Å². The first-order chi connectivity index (χ1) is 12.3. The van der Waals surface area contributed by atoms with Crippen LogP contribution >= 0.6 is 0 Å². The molecule has 0 heterocycles. The van der Waals surface area contributed by atoms with E-state index < -0.39 is 5.79 Å². The van der Waals surface area contributed by atoms with Gasteiger partial charge in [0, 0.05) is 19.6 Å². The molecule has 0 amide bonds. The van der Waals surface area contributed by atoms with Crippen molar-refractivity contribution in [3.63, 3.8) is 0 Å². The molecule has 0 aromatic heterocycles. The molecule has 0 aromatic rings. The van der Waals surface area contributed by atoms with E-state index in [-0.39, 0.29) is 0 Å². The van der Waals surface area contributed by atoms with Crippen molar-refractivity contribution < 1.29 is 9.47 Å². The van der Waals surface area contributed by atoms with E-state index in [9.17, 15) is 0 Å². The molecule has 0 aliphatic heterocycles. The lowest BCUT2D eigenvalue weighted by molar-refractivity contribution is -0.228. The van der Waals surface area contributed by atoms with E-state index in [1.807, 2.05) is 0 Å². The van der Waals surface area contributed by atoms with Gasteiger partial charge in [-0.25, -0.2) is 0 Å². The van der Waals surface area contributed by atoms with Crippen LogP contribution in [-0.2, 0) is 9.47 Å². The van der Waals surface area contributed by atoms with E-state index in [1.165, 1.54) is 23.1 Å². The molecule has 2 nitrogen and oxygen atoms in total. The zero-order valence-electron chi connectivity index (χ0n) is 18.6. The van der Waals surface area contributed by atoms with Crippen LogP contribution in [0.5, 0.6) is 0 Å². The summed E-state index contributed by atoms with van der Waals surface area (Å²) in [4.78, 5) is 0. The lowest BCUT2D eigenvalue weighted by Crippen LogP contribution is -2.33. The van der Waals surface area contributed by atoms with Crippen LogP contribution in [0.3, 0.4) is 0 Å². The summed E-state index contributed by atoms with van der Waals surface area (Å²) in [5, 5.41) is 0. The lowest BCUT2D eigenvalue weighted by Gasteiger charge is -2.29. The zero-order chi connectivity index (χ0) is 19.8. The Morgan fingerprint density at radius 2 is 1.19 bits per heavy atom. The molecule has 0 atom stereocenters. The predicted octanol–water partition coefficient (Wildman–Crippen LogP) is 7.76. The Kier molecular flexibility index (Phi) is 14.7. The van der Waals surface area contributed by atoms with Crippen molar-refractivity contribution in [1.29, 1.82) is 0 Å². The summed E-state index contributed by atoms with van der Waals surface area (Å²) in [5.74, 6) is -0.440. The molecule has 0 radical (unpaired) electrons. The average Bonchev–Trinajstić information content (AvgIpc) is 2.58. The van der Waals surface area contributed by atoms with Crippen molar-refractivity contribution in [2.24, 2.45) is 0 Å². The third kappa shape index (κ3) is 14.3. The van der Waals surface area contributed by atoms with Gasteiger partial charge >= 0.3 is 0 Å². The summed E-state index contributed by atoms with van der Waals surface area (Å²) >= 11 is 0. The molecule has 0 spiro atoms. The second kappa shape index (κ2) is 15.2. The first-order valence-corrected chi connectivity index (χ1v) is 10.6. The Balaban J connectivity index is 4.26. The van der Waals surface area contributed by atoms with E-state index in [2.05, 4.69) is 66.7 Å². The van der Waals surface area contributed by atoms with Crippen molar-refractivity contribution in [2.45, 2.75) is 106 Å². The summed E-state index contributed by atoms with van der Waals surface area (Å²) in [6, 6.07) is 0. The molecule has 0 bridgehead atoms. The second-order valence-corrected chi connectivity index (χ2v) is 7.83. The van der Waals surface area contributed by atoms with Gasteiger partial charge in [0.25, 0.3) is 0 Å². The van der Waals surface area contributed by atoms with Crippen LogP contribution in [0.4, 0.5) is 0 Å². The summed E-state index contributed by atoms with van der Waals surface area (Å²) in [5.41, 5.74) is 4.38. The van der Waals surface area contributed by atoms with Gasteiger partial charge in [0.05, 0.1) is 0 Å². The maximum absolute atomic E-state index is 5.96. The van der Waals surface area contributed by atoms with Gasteiger partial charge in [-0.05, 0) is 79.6 Å². The number of rotatable bonds is 15. The molecular weight excluding hydrogens is 320 g/mol. The van der Waals surface area contributed by atoms with Crippen LogP contribution < -0.4 is 0 Å². The van der Waals surface area contributed by atoms with Crippen molar-refractivity contribution in [3.05, 3.63) is 34.9 Å². The Morgan fingerprint density at radius 1 is 0.731 bits per heavy atom. The highest BCUT2D eigenvalue weighted by Gasteiger charge is 2.24. The quantitative estimate of drug-likeness (QED) is 0.218. The predicted molar refractivity (Wildman–Crippen MR) is 116 cm³/mol. The van der Waals surface area contributed by atoms with Gasteiger partial charge in [-0.3, -0.25) is 0 Å². The largest absolute Gasteiger partial charge is 0.350 e. The number of hydrogen-bond donors (Lipinski definition) is 0. The minimum Gasteiger partial charge on any atom is -0.350 e. The van der Waals surface area contributed by atoms with E-state index >= 15 is 0 Å². The molecule has 0 saturated carbocycles. The molecule has 0 fully saturated rings. The Morgan fingerprint density at radius 3 is 1.65 bits per heavy atom. The first kappa shape index (κ1) is 25.1. The number of ether oxygens (including phenoxy) is 2. The molecule has 0 N–H and O–H groups in total. The van der Waals surface area contributed by atoms with Gasteiger partial charge in [0.15, 0.2) is 5.79 Å². The standard InChI is InChI=1S/C24H44O2/c1-8-19-25-24(7,26-20-9-2)18-12-17-23(6)16-11-15-22(5)14-10-13-21(3)4/h13,15,17H,8-12,14,16,18-20H2,1-7H3. The van der Waals surface area contributed by atoms with Gasteiger partial charge in [0.2, 0.25) is 0 Å². The van der Waals surface area contributed by atoms with E-state index in [0.29, 0.717) is 0 Å². The van der Waals surface area contributed by atoms with Gasteiger partial charge < -0.3 is 9.47 Å². The molecule has 0 unspecified atom stereocenters. The molecular formula is C24H44O2. The summed E-state index contributed by atoms with van der Waals surface area (Å²) in [6.45, 7) is 16.7. The fraction of sp³-hybridized carbons (Fsp3) is 0.750. The highest BCUT2D eigenvalue weighted by Crippen LogP contribution is 2.22. The second-order valence-electron chi connectivity index (χ2n) is 7.83. The van der Waals surface area contributed by atoms with Crippen molar-refractivity contribution in [3.8, 4) is 0 Å². The first-order valence-electron chi connectivity index (χ1n) is 10.6. The average molecular weight is 365 g/mol. The monoisotopic (exact) mass is 364 g/mol. The summed E-state index contributed by atoms with van der Waals surface area (Å²) in [6.07, 6.45) is 15.7. The minimum absolute atomic E-state index is 0.440. The lowest BCUT2D eigenvalue weighted by atomic mass is 10.0. The van der Waals surface area contributed by atoms with Crippen molar-refractivity contribution in [2.75, 3.05) is 13.2 Å². The molecule has 0 aromatic carbocycles. The number of hydrogen-bond acceptors (Lipinski definition) is 2. The molecule has 0 rings (SSSR count). The number of allylic oxidation sites excluding steroid dienone is 6. The highest BCUT2D eigenvalue weighted by molar-refractivity contribution is 5.05. The van der Waals surface area contributed by atoms with Crippen molar-refractivity contribution in [1.82, 2.24) is 0 Å². The van der Waals surface area contributed by atoms with Crippen LogP contribution in [0, 0.1) is 0 Å². The maximum atomic E-state index is 5.96. The fourth-order valence-corrected chi connectivity index (χ4v) is 2.74. The zero-order valence-corrected chi connectivity index (χ0v) is 18.6. The summed E-state index contributed by atoms with van der Waals surface area (Å²) < 4.78 is 11.9. The smallest absolute Gasteiger partial charge is 0.165 e. The Hall–Kier alpha value is -0.860. The van der Waals surface area contributed by atoms with Gasteiger partial charge in [-0.15, -0.1) is 0 Å². The normalized spacial score (nSPS) is 13.2. The van der Waals surface area contributed by atoms with Crippen molar-refractivity contribution >= 4 is 0 Å². The van der Waals surface area contributed by atoms with Crippen LogP contribution in [0.15, 0.2) is 34.9 Å².